The average Bonchev–Trinajstić information content (AvgIpc) is 3.30. The van der Waals surface area contributed by atoms with Crippen LogP contribution in [0.2, 0.25) is 0 Å². The number of ether oxygens (including phenoxy) is 2. The maximum Gasteiger partial charge on any atom is 0.306 e. The van der Waals surface area contributed by atoms with Crippen molar-refractivity contribution >= 4 is 5.97 Å². The summed E-state index contributed by atoms with van der Waals surface area (Å²) < 4.78 is 16.9. The Morgan fingerprint density at radius 2 is 2.19 bits per heavy atom. The molecule has 0 aliphatic carbocycles. The fourth-order valence-electron chi connectivity index (χ4n) is 3.85. The molecule has 1 aromatic heterocycles. The van der Waals surface area contributed by atoms with Gasteiger partial charge in [0.2, 0.25) is 0 Å². The van der Waals surface area contributed by atoms with E-state index in [1.807, 2.05) is 13.0 Å². The van der Waals surface area contributed by atoms with Crippen LogP contribution in [-0.4, -0.2) is 23.3 Å². The molecule has 2 aliphatic heterocycles. The van der Waals surface area contributed by atoms with Crippen LogP contribution in [0.15, 0.2) is 46.8 Å². The lowest BCUT2D eigenvalue weighted by molar-refractivity contribution is -0.162. The van der Waals surface area contributed by atoms with Crippen LogP contribution in [-0.2, 0) is 20.7 Å². The summed E-state index contributed by atoms with van der Waals surface area (Å²) in [4.78, 5) is 11.5. The molecule has 26 heavy (non-hydrogen) atoms. The van der Waals surface area contributed by atoms with Crippen LogP contribution in [0.25, 0.3) is 0 Å². The van der Waals surface area contributed by atoms with Crippen LogP contribution in [0.5, 0.6) is 0 Å². The molecular weight excluding hydrogens is 328 g/mol. The maximum absolute atomic E-state index is 11.5. The van der Waals surface area contributed by atoms with E-state index in [1.165, 1.54) is 11.1 Å². The Bertz CT molecular complexity index is 672. The summed E-state index contributed by atoms with van der Waals surface area (Å²) in [6.45, 7) is 6.30. The van der Waals surface area contributed by atoms with E-state index >= 15 is 0 Å². The van der Waals surface area contributed by atoms with Gasteiger partial charge < -0.3 is 13.9 Å². The van der Waals surface area contributed by atoms with Gasteiger partial charge in [-0.05, 0) is 70.9 Å². The number of esters is 1. The second kappa shape index (κ2) is 7.83. The minimum Gasteiger partial charge on any atom is -0.472 e. The lowest BCUT2D eigenvalue weighted by Gasteiger charge is -2.31. The summed E-state index contributed by atoms with van der Waals surface area (Å²) in [6.07, 6.45) is 16.3. The normalized spacial score (nSPS) is 32.5. The van der Waals surface area contributed by atoms with Crippen molar-refractivity contribution in [3.63, 3.8) is 0 Å². The Hall–Kier alpha value is -1.81. The second-order valence-corrected chi connectivity index (χ2v) is 8.07. The van der Waals surface area contributed by atoms with Crippen molar-refractivity contribution in [2.45, 2.75) is 83.0 Å². The maximum atomic E-state index is 11.5. The Balaban J connectivity index is 1.46. The van der Waals surface area contributed by atoms with Gasteiger partial charge in [0.15, 0.2) is 0 Å². The zero-order valence-corrected chi connectivity index (χ0v) is 16.1. The van der Waals surface area contributed by atoms with Crippen LogP contribution in [0.4, 0.5) is 0 Å². The van der Waals surface area contributed by atoms with Gasteiger partial charge in [-0.25, -0.2) is 0 Å². The second-order valence-electron chi connectivity index (χ2n) is 8.07. The van der Waals surface area contributed by atoms with E-state index < -0.39 is 5.60 Å². The van der Waals surface area contributed by atoms with Gasteiger partial charge >= 0.3 is 5.97 Å². The molecule has 0 bridgehead atoms. The number of hydrogen-bond acceptors (Lipinski definition) is 4. The highest BCUT2D eigenvalue weighted by atomic mass is 16.6. The molecule has 4 heteroatoms. The summed E-state index contributed by atoms with van der Waals surface area (Å²) >= 11 is 0. The van der Waals surface area contributed by atoms with Gasteiger partial charge in [0, 0.05) is 6.42 Å². The molecule has 2 saturated heterocycles. The van der Waals surface area contributed by atoms with E-state index in [4.69, 9.17) is 13.9 Å². The third kappa shape index (κ3) is 4.67. The molecular formula is C22H30O4. The predicted molar refractivity (Wildman–Crippen MR) is 101 cm³/mol. The molecule has 3 atom stereocenters. The third-order valence-corrected chi connectivity index (χ3v) is 5.58. The molecule has 0 radical (unpaired) electrons. The topological polar surface area (TPSA) is 48.7 Å². The molecule has 142 valence electrons. The van der Waals surface area contributed by atoms with Crippen LogP contribution in [0, 0.1) is 0 Å². The monoisotopic (exact) mass is 358 g/mol. The first-order valence-corrected chi connectivity index (χ1v) is 9.63. The van der Waals surface area contributed by atoms with Gasteiger partial charge in [0.05, 0.1) is 24.2 Å². The lowest BCUT2D eigenvalue weighted by atomic mass is 9.92. The van der Waals surface area contributed by atoms with Crippen molar-refractivity contribution < 1.29 is 18.7 Å². The van der Waals surface area contributed by atoms with Gasteiger partial charge in [-0.2, -0.15) is 0 Å². The van der Waals surface area contributed by atoms with Gasteiger partial charge in [-0.3, -0.25) is 4.79 Å². The minimum atomic E-state index is -0.453. The Labute approximate surface area is 156 Å². The first kappa shape index (κ1) is 19.0. The molecule has 0 aromatic carbocycles. The molecule has 3 heterocycles. The van der Waals surface area contributed by atoms with E-state index in [0.717, 1.165) is 38.5 Å². The van der Waals surface area contributed by atoms with Crippen molar-refractivity contribution in [3.05, 3.63) is 48.0 Å². The molecule has 3 rings (SSSR count). The fraction of sp³-hybridized carbons (Fsp3) is 0.591. The largest absolute Gasteiger partial charge is 0.472 e. The molecule has 0 spiro atoms. The number of aryl methyl sites for hydroxylation is 1. The quantitative estimate of drug-likeness (QED) is 0.500. The SMILES string of the molecule is CC(=CCCc1ccoc1)CC=CC1(C)CCC(C2(C)CCC(=O)O2)O1. The smallest absolute Gasteiger partial charge is 0.306 e. The molecule has 0 amide bonds. The van der Waals surface area contributed by atoms with Crippen molar-refractivity contribution in [1.29, 1.82) is 0 Å². The number of allylic oxidation sites excluding steroid dienone is 3. The summed E-state index contributed by atoms with van der Waals surface area (Å²) in [5.41, 5.74) is 1.88. The molecule has 4 nitrogen and oxygen atoms in total. The highest BCUT2D eigenvalue weighted by molar-refractivity contribution is 5.72. The van der Waals surface area contributed by atoms with Crippen LogP contribution in [0.1, 0.15) is 64.9 Å². The van der Waals surface area contributed by atoms with E-state index in [1.54, 1.807) is 12.5 Å². The summed E-state index contributed by atoms with van der Waals surface area (Å²) in [7, 11) is 0. The standard InChI is InChI=1S/C22H30O4/c1-17(6-4-8-18-11-15-24-16-18)7-5-12-21(2)13-9-19(25-21)22(3)14-10-20(23)26-22/h5-6,11-12,15-16,19H,4,7-10,13-14H2,1-3H3. The van der Waals surface area contributed by atoms with Gasteiger partial charge in [0.25, 0.3) is 0 Å². The average molecular weight is 358 g/mol. The predicted octanol–water partition coefficient (Wildman–Crippen LogP) is 5.14. The molecule has 1 aromatic rings. The molecule has 2 fully saturated rings. The van der Waals surface area contributed by atoms with Crippen molar-refractivity contribution in [3.8, 4) is 0 Å². The minimum absolute atomic E-state index is 0.00445. The van der Waals surface area contributed by atoms with E-state index in [9.17, 15) is 4.79 Å². The number of cyclic esters (lactones) is 1. The molecule has 0 saturated carbocycles. The van der Waals surface area contributed by atoms with Crippen LogP contribution >= 0.6 is 0 Å². The highest BCUT2D eigenvalue weighted by Gasteiger charge is 2.49. The molecule has 3 unspecified atom stereocenters. The zero-order chi connectivity index (χ0) is 18.6. The number of rotatable bonds is 7. The zero-order valence-electron chi connectivity index (χ0n) is 16.1. The van der Waals surface area contributed by atoms with Crippen molar-refractivity contribution in [2.75, 3.05) is 0 Å². The molecule has 0 N–H and O–H groups in total. The molecule has 2 aliphatic rings. The van der Waals surface area contributed by atoms with E-state index in [2.05, 4.69) is 32.1 Å². The number of furan rings is 1. The van der Waals surface area contributed by atoms with Gasteiger partial charge in [-0.1, -0.05) is 23.8 Å². The first-order chi connectivity index (χ1) is 12.4. The third-order valence-electron chi connectivity index (χ3n) is 5.58. The Morgan fingerprint density at radius 3 is 2.88 bits per heavy atom. The van der Waals surface area contributed by atoms with Crippen LogP contribution < -0.4 is 0 Å². The Kier molecular flexibility index (Phi) is 5.71. The van der Waals surface area contributed by atoms with Crippen molar-refractivity contribution in [2.24, 2.45) is 0 Å². The number of hydrogen-bond donors (Lipinski definition) is 0. The van der Waals surface area contributed by atoms with E-state index in [0.29, 0.717) is 6.42 Å². The summed E-state index contributed by atoms with van der Waals surface area (Å²) in [6, 6.07) is 2.01. The Morgan fingerprint density at radius 1 is 1.35 bits per heavy atom. The van der Waals surface area contributed by atoms with E-state index in [-0.39, 0.29) is 17.7 Å². The number of carbonyl (C=O) groups excluding carboxylic acids is 1. The van der Waals surface area contributed by atoms with Crippen molar-refractivity contribution in [1.82, 2.24) is 0 Å². The summed E-state index contributed by atoms with van der Waals surface area (Å²) in [5.74, 6) is -0.101. The number of carbonyl (C=O) groups is 1. The van der Waals surface area contributed by atoms with Crippen LogP contribution in [0.3, 0.4) is 0 Å². The first-order valence-electron chi connectivity index (χ1n) is 9.63. The van der Waals surface area contributed by atoms with Gasteiger partial charge in [0.1, 0.15) is 5.60 Å². The van der Waals surface area contributed by atoms with Gasteiger partial charge in [-0.15, -0.1) is 0 Å². The fourth-order valence-corrected chi connectivity index (χ4v) is 3.85. The lowest BCUT2D eigenvalue weighted by Crippen LogP contribution is -2.40. The highest BCUT2D eigenvalue weighted by Crippen LogP contribution is 2.42. The summed E-state index contributed by atoms with van der Waals surface area (Å²) in [5, 5.41) is 0.